The number of alkyl halides is 1. The third-order valence-electron chi connectivity index (χ3n) is 1.78. The van der Waals surface area contributed by atoms with Gasteiger partial charge in [-0.15, -0.1) is 24.0 Å². The molecule has 5 heteroatoms. The van der Waals surface area contributed by atoms with Gasteiger partial charge >= 0.3 is 0 Å². The first-order chi connectivity index (χ1) is 4.66. The van der Waals surface area contributed by atoms with E-state index in [1.807, 2.05) is 0 Å². The molecule has 0 radical (unpaired) electrons. The van der Waals surface area contributed by atoms with Gasteiger partial charge in [-0.05, 0) is 6.92 Å². The summed E-state index contributed by atoms with van der Waals surface area (Å²) in [6.45, 7) is 2.16. The molecular weight excluding hydrogens is 189 g/mol. The number of nitrogens with two attached hydrogens (primary N) is 1. The van der Waals surface area contributed by atoms with E-state index in [-0.39, 0.29) is 30.0 Å². The van der Waals surface area contributed by atoms with Crippen LogP contribution in [0.5, 0.6) is 0 Å². The minimum atomic E-state index is -0.574. The van der Waals surface area contributed by atoms with Gasteiger partial charge in [0.2, 0.25) is 0 Å². The molecule has 0 aliphatic carbocycles. The minimum Gasteiger partial charge on any atom is -0.389 e. The van der Waals surface area contributed by atoms with E-state index < -0.39 is 6.10 Å². The Morgan fingerprint density at radius 3 is 2.36 bits per heavy atom. The molecule has 0 aromatic heterocycles. The maximum atomic E-state index is 9.26. The van der Waals surface area contributed by atoms with E-state index in [0.29, 0.717) is 6.54 Å². The van der Waals surface area contributed by atoms with E-state index in [1.54, 1.807) is 6.92 Å². The highest BCUT2D eigenvalue weighted by atomic mass is 35.5. The van der Waals surface area contributed by atoms with Crippen LogP contribution in [0.2, 0.25) is 0 Å². The lowest BCUT2D eigenvalue weighted by molar-refractivity contribution is 0.0255. The minimum absolute atomic E-state index is 0. The summed E-state index contributed by atoms with van der Waals surface area (Å²) < 4.78 is 5.23. The predicted octanol–water partition coefficient (Wildman–Crippen LogP) is 0.122. The predicted molar refractivity (Wildman–Crippen MR) is 46.3 cm³/mol. The topological polar surface area (TPSA) is 55.5 Å². The zero-order valence-electron chi connectivity index (χ0n) is 6.24. The van der Waals surface area contributed by atoms with E-state index >= 15 is 0 Å². The Hall–Kier alpha value is 0.460. The monoisotopic (exact) mass is 201 g/mol. The number of halogens is 2. The van der Waals surface area contributed by atoms with Gasteiger partial charge in [0.05, 0.1) is 23.7 Å². The summed E-state index contributed by atoms with van der Waals surface area (Å²) in [6, 6.07) is 0. The van der Waals surface area contributed by atoms with Crippen molar-refractivity contribution in [3.63, 3.8) is 0 Å². The molecule has 0 amide bonds. The molecule has 4 unspecified atom stereocenters. The molecule has 0 bridgehead atoms. The van der Waals surface area contributed by atoms with Crippen LogP contribution in [0.25, 0.3) is 0 Å². The molecule has 0 spiro atoms. The molecule has 1 aliphatic rings. The van der Waals surface area contributed by atoms with E-state index in [0.717, 1.165) is 0 Å². The lowest BCUT2D eigenvalue weighted by Crippen LogP contribution is -2.31. The van der Waals surface area contributed by atoms with Gasteiger partial charge in [0.25, 0.3) is 0 Å². The number of hydrogen-bond acceptors (Lipinski definition) is 3. The summed E-state index contributed by atoms with van der Waals surface area (Å²) in [7, 11) is 0. The van der Waals surface area contributed by atoms with Crippen molar-refractivity contribution in [2.24, 2.45) is 5.73 Å². The molecule has 1 heterocycles. The van der Waals surface area contributed by atoms with Gasteiger partial charge < -0.3 is 15.6 Å². The molecule has 4 atom stereocenters. The van der Waals surface area contributed by atoms with E-state index in [9.17, 15) is 5.11 Å². The summed E-state index contributed by atoms with van der Waals surface area (Å²) >= 11 is 5.77. The highest BCUT2D eigenvalue weighted by molar-refractivity contribution is 6.21. The second-order valence-electron chi connectivity index (χ2n) is 2.55. The molecule has 0 aromatic carbocycles. The Labute approximate surface area is 77.3 Å². The van der Waals surface area contributed by atoms with Crippen LogP contribution in [0, 0.1) is 0 Å². The zero-order chi connectivity index (χ0) is 7.72. The summed E-state index contributed by atoms with van der Waals surface area (Å²) in [6.07, 6.45) is -0.946. The Morgan fingerprint density at radius 1 is 1.64 bits per heavy atom. The smallest absolute Gasteiger partial charge is 0.0988 e. The van der Waals surface area contributed by atoms with Crippen molar-refractivity contribution >= 4 is 24.0 Å². The van der Waals surface area contributed by atoms with E-state index in [4.69, 9.17) is 22.1 Å². The van der Waals surface area contributed by atoms with Crippen molar-refractivity contribution in [1.82, 2.24) is 0 Å². The van der Waals surface area contributed by atoms with E-state index in [1.165, 1.54) is 0 Å². The lowest BCUT2D eigenvalue weighted by Gasteiger charge is -2.09. The van der Waals surface area contributed by atoms with Crippen LogP contribution in [-0.2, 0) is 4.74 Å². The van der Waals surface area contributed by atoms with Gasteiger partial charge in [-0.1, -0.05) is 0 Å². The number of hydrogen-bond donors (Lipinski definition) is 2. The van der Waals surface area contributed by atoms with Crippen LogP contribution in [0.3, 0.4) is 0 Å². The molecule has 1 rings (SSSR count). The Morgan fingerprint density at radius 2 is 2.18 bits per heavy atom. The number of rotatable bonds is 1. The average molecular weight is 202 g/mol. The molecule has 1 saturated heterocycles. The highest BCUT2D eigenvalue weighted by Gasteiger charge is 2.38. The summed E-state index contributed by atoms with van der Waals surface area (Å²) in [4.78, 5) is 0. The molecule has 1 fully saturated rings. The molecule has 68 valence electrons. The zero-order valence-corrected chi connectivity index (χ0v) is 7.81. The molecule has 11 heavy (non-hydrogen) atoms. The van der Waals surface area contributed by atoms with Crippen LogP contribution in [0.15, 0.2) is 0 Å². The second-order valence-corrected chi connectivity index (χ2v) is 3.05. The van der Waals surface area contributed by atoms with E-state index in [2.05, 4.69) is 0 Å². The van der Waals surface area contributed by atoms with Crippen molar-refractivity contribution in [3.8, 4) is 0 Å². The molecule has 0 saturated carbocycles. The summed E-state index contributed by atoms with van der Waals surface area (Å²) in [5.74, 6) is 0. The van der Waals surface area contributed by atoms with Crippen LogP contribution in [0.4, 0.5) is 0 Å². The van der Waals surface area contributed by atoms with Gasteiger partial charge in [0.15, 0.2) is 0 Å². The molecule has 3 N–H and O–H groups in total. The van der Waals surface area contributed by atoms with Gasteiger partial charge in [0, 0.05) is 6.54 Å². The van der Waals surface area contributed by atoms with Crippen LogP contribution >= 0.6 is 24.0 Å². The van der Waals surface area contributed by atoms with Crippen LogP contribution in [-0.4, -0.2) is 35.3 Å². The first-order valence-electron chi connectivity index (χ1n) is 3.34. The van der Waals surface area contributed by atoms with Crippen molar-refractivity contribution < 1.29 is 9.84 Å². The number of aliphatic hydroxyl groups excluding tert-OH is 1. The summed E-state index contributed by atoms with van der Waals surface area (Å²) in [5, 5.41) is 8.91. The Bertz CT molecular complexity index is 125. The number of ether oxygens (including phenoxy) is 1. The number of aliphatic hydroxyl groups is 1. The van der Waals surface area contributed by atoms with Crippen molar-refractivity contribution in [2.45, 2.75) is 30.6 Å². The standard InChI is InChI=1S/C6H12ClNO2.ClH/c1-3-6(9)5(7)4(2-8)10-3;/h3-6,9H,2,8H2,1H3;1H. The fraction of sp³-hybridized carbons (Fsp3) is 1.00. The van der Waals surface area contributed by atoms with Crippen molar-refractivity contribution in [2.75, 3.05) is 6.54 Å². The SMILES string of the molecule is CC1OC(CN)C(Cl)C1O.Cl. The molecule has 1 aliphatic heterocycles. The quantitative estimate of drug-likeness (QED) is 0.594. The Kier molecular flexibility index (Phi) is 4.66. The van der Waals surface area contributed by atoms with Crippen molar-refractivity contribution in [1.29, 1.82) is 0 Å². The van der Waals surface area contributed by atoms with Crippen LogP contribution < -0.4 is 5.73 Å². The summed E-state index contributed by atoms with van der Waals surface area (Å²) in [5.41, 5.74) is 5.33. The maximum Gasteiger partial charge on any atom is 0.0988 e. The third kappa shape index (κ3) is 2.20. The maximum absolute atomic E-state index is 9.26. The molecule has 0 aromatic rings. The first-order valence-corrected chi connectivity index (χ1v) is 3.78. The largest absolute Gasteiger partial charge is 0.389 e. The van der Waals surface area contributed by atoms with Crippen LogP contribution in [0.1, 0.15) is 6.92 Å². The first kappa shape index (κ1) is 11.5. The Balaban J connectivity index is 0.000001000. The normalized spacial score (nSPS) is 43.6. The third-order valence-corrected chi connectivity index (χ3v) is 2.32. The van der Waals surface area contributed by atoms with Gasteiger partial charge in [-0.3, -0.25) is 0 Å². The fourth-order valence-electron chi connectivity index (χ4n) is 1.10. The fourth-order valence-corrected chi connectivity index (χ4v) is 1.46. The van der Waals surface area contributed by atoms with Gasteiger partial charge in [-0.2, -0.15) is 0 Å². The molecule has 3 nitrogen and oxygen atoms in total. The van der Waals surface area contributed by atoms with Gasteiger partial charge in [-0.25, -0.2) is 0 Å². The molecular formula is C6H13Cl2NO2. The lowest BCUT2D eigenvalue weighted by atomic mass is 10.1. The second kappa shape index (κ2) is 4.48. The average Bonchev–Trinajstić information content (AvgIpc) is 2.17. The van der Waals surface area contributed by atoms with Crippen molar-refractivity contribution in [3.05, 3.63) is 0 Å². The van der Waals surface area contributed by atoms with Gasteiger partial charge in [0.1, 0.15) is 0 Å². The highest BCUT2D eigenvalue weighted by Crippen LogP contribution is 2.24.